The smallest absolute Gasteiger partial charge is 0.279 e. The average Bonchev–Trinajstić information content (AvgIpc) is 2.04. The summed E-state index contributed by atoms with van der Waals surface area (Å²) in [5.41, 5.74) is -1.46. The number of alkyl halides is 2. The summed E-state index contributed by atoms with van der Waals surface area (Å²) in [6.45, 7) is 0. The zero-order chi connectivity index (χ0) is 9.14. The Bertz CT molecular complexity index is 346. The van der Waals surface area contributed by atoms with Gasteiger partial charge in [-0.1, -0.05) is 0 Å². The molecule has 0 saturated heterocycles. The Labute approximate surface area is 66.0 Å². The van der Waals surface area contributed by atoms with Crippen LogP contribution >= 0.6 is 0 Å². The van der Waals surface area contributed by atoms with Gasteiger partial charge >= 0.3 is 0 Å². The molecule has 3 nitrogen and oxygen atoms in total. The molecule has 0 bridgehead atoms. The van der Waals surface area contributed by atoms with Crippen molar-refractivity contribution < 1.29 is 13.6 Å². The monoisotopic (exact) mass is 173 g/mol. The Kier molecular flexibility index (Phi) is 2.32. The summed E-state index contributed by atoms with van der Waals surface area (Å²) in [5.74, 6) is 0. The normalized spacial score (nSPS) is 10.2. The first-order valence-corrected chi connectivity index (χ1v) is 3.11. The number of nitrogens with one attached hydrogen (secondary N) is 1. The molecule has 0 fully saturated rings. The first-order valence-electron chi connectivity index (χ1n) is 3.11. The Balaban J connectivity index is 3.31. The van der Waals surface area contributed by atoms with Gasteiger partial charge in [-0.15, -0.1) is 0 Å². The molecule has 0 aliphatic heterocycles. The summed E-state index contributed by atoms with van der Waals surface area (Å²) in [6, 6.07) is 2.09. The number of hydrogen-bond donors (Lipinski definition) is 1. The van der Waals surface area contributed by atoms with Gasteiger partial charge in [0.25, 0.3) is 6.43 Å². The lowest BCUT2D eigenvalue weighted by molar-refractivity contribution is 0.110. The van der Waals surface area contributed by atoms with E-state index in [1.165, 1.54) is 0 Å². The lowest BCUT2D eigenvalue weighted by Gasteiger charge is -2.00. The minimum atomic E-state index is -2.83. The molecule has 1 N–H and O–H groups in total. The number of carbonyl (C=O) groups excluding carboxylic acids is 1. The second-order valence-corrected chi connectivity index (χ2v) is 2.11. The maximum atomic E-state index is 12.1. The molecule has 0 aliphatic rings. The van der Waals surface area contributed by atoms with E-state index in [-0.39, 0.29) is 11.8 Å². The number of halogens is 2. The molecule has 0 spiro atoms. The molecule has 1 rings (SSSR count). The van der Waals surface area contributed by atoms with Crippen molar-refractivity contribution in [2.75, 3.05) is 0 Å². The second-order valence-electron chi connectivity index (χ2n) is 2.11. The standard InChI is InChI=1S/C7H5F2NO2/c8-7(9)6-4(3-11)1-2-5(12)10-6/h1-3,7H,(H,10,12). The third-order valence-corrected chi connectivity index (χ3v) is 1.33. The number of carbonyl (C=O) groups is 1. The van der Waals surface area contributed by atoms with Crippen molar-refractivity contribution in [2.24, 2.45) is 0 Å². The van der Waals surface area contributed by atoms with Gasteiger partial charge in [-0.25, -0.2) is 8.78 Å². The van der Waals surface area contributed by atoms with E-state index in [0.717, 1.165) is 12.1 Å². The van der Waals surface area contributed by atoms with Crippen LogP contribution in [0.1, 0.15) is 22.5 Å². The maximum absolute atomic E-state index is 12.1. The Hall–Kier alpha value is -1.52. The fourth-order valence-electron chi connectivity index (χ4n) is 0.785. The highest BCUT2D eigenvalue weighted by atomic mass is 19.3. The number of aromatic amines is 1. The summed E-state index contributed by atoms with van der Waals surface area (Å²) in [4.78, 5) is 22.6. The summed E-state index contributed by atoms with van der Waals surface area (Å²) in [5, 5.41) is 0. The molecule has 0 aliphatic carbocycles. The SMILES string of the molecule is O=Cc1ccc(=O)[nH]c1C(F)F. The number of rotatable bonds is 2. The van der Waals surface area contributed by atoms with Gasteiger partial charge in [0, 0.05) is 11.6 Å². The van der Waals surface area contributed by atoms with Crippen molar-refractivity contribution in [3.8, 4) is 0 Å². The summed E-state index contributed by atoms with van der Waals surface area (Å²) in [7, 11) is 0. The third-order valence-electron chi connectivity index (χ3n) is 1.33. The molecule has 1 aromatic heterocycles. The van der Waals surface area contributed by atoms with Crippen LogP contribution in [0.3, 0.4) is 0 Å². The van der Waals surface area contributed by atoms with Crippen molar-refractivity contribution in [1.29, 1.82) is 0 Å². The van der Waals surface area contributed by atoms with Gasteiger partial charge in [-0.3, -0.25) is 9.59 Å². The average molecular weight is 173 g/mol. The summed E-state index contributed by atoms with van der Waals surface area (Å²) < 4.78 is 24.1. The zero-order valence-corrected chi connectivity index (χ0v) is 5.88. The molecule has 0 amide bonds. The van der Waals surface area contributed by atoms with Gasteiger partial charge in [-0.2, -0.15) is 0 Å². The van der Waals surface area contributed by atoms with Crippen LogP contribution in [-0.2, 0) is 0 Å². The highest BCUT2D eigenvalue weighted by molar-refractivity contribution is 5.76. The maximum Gasteiger partial charge on any atom is 0.279 e. The molecule has 0 radical (unpaired) electrons. The fraction of sp³-hybridized carbons (Fsp3) is 0.143. The van der Waals surface area contributed by atoms with E-state index >= 15 is 0 Å². The Morgan fingerprint density at radius 2 is 2.08 bits per heavy atom. The molecule has 5 heteroatoms. The highest BCUT2D eigenvalue weighted by Gasteiger charge is 2.12. The number of H-pyrrole nitrogens is 1. The van der Waals surface area contributed by atoms with Gasteiger partial charge in [0.15, 0.2) is 6.29 Å². The quantitative estimate of drug-likeness (QED) is 0.681. The van der Waals surface area contributed by atoms with Crippen LogP contribution in [0, 0.1) is 0 Å². The minimum absolute atomic E-state index is 0.190. The molecule has 1 aromatic rings. The van der Waals surface area contributed by atoms with Crippen LogP contribution in [0.4, 0.5) is 8.78 Å². The molecular weight excluding hydrogens is 168 g/mol. The lowest BCUT2D eigenvalue weighted by atomic mass is 10.2. The van der Waals surface area contributed by atoms with E-state index in [9.17, 15) is 18.4 Å². The van der Waals surface area contributed by atoms with Crippen molar-refractivity contribution in [3.05, 3.63) is 33.7 Å². The zero-order valence-electron chi connectivity index (χ0n) is 5.88. The van der Waals surface area contributed by atoms with E-state index in [0.29, 0.717) is 0 Å². The summed E-state index contributed by atoms with van der Waals surface area (Å²) >= 11 is 0. The van der Waals surface area contributed by atoms with Crippen molar-refractivity contribution in [3.63, 3.8) is 0 Å². The van der Waals surface area contributed by atoms with Gasteiger partial charge in [0.05, 0.1) is 5.69 Å². The van der Waals surface area contributed by atoms with E-state index in [4.69, 9.17) is 0 Å². The third kappa shape index (κ3) is 1.55. The van der Waals surface area contributed by atoms with Crippen molar-refractivity contribution >= 4 is 6.29 Å². The number of aldehydes is 1. The Morgan fingerprint density at radius 1 is 1.42 bits per heavy atom. The molecule has 0 aromatic carbocycles. The summed E-state index contributed by atoms with van der Waals surface area (Å²) in [6.07, 6.45) is -2.56. The highest BCUT2D eigenvalue weighted by Crippen LogP contribution is 2.17. The predicted octanol–water partition coefficient (Wildman–Crippen LogP) is 1.12. The van der Waals surface area contributed by atoms with E-state index in [2.05, 4.69) is 0 Å². The van der Waals surface area contributed by atoms with E-state index in [1.54, 1.807) is 0 Å². The van der Waals surface area contributed by atoms with E-state index in [1.807, 2.05) is 4.98 Å². The predicted molar refractivity (Wildman–Crippen MR) is 37.4 cm³/mol. The minimum Gasteiger partial charge on any atom is -0.320 e. The largest absolute Gasteiger partial charge is 0.320 e. The lowest BCUT2D eigenvalue weighted by Crippen LogP contribution is -2.10. The van der Waals surface area contributed by atoms with Gasteiger partial charge in [0.1, 0.15) is 0 Å². The first-order chi connectivity index (χ1) is 5.65. The first kappa shape index (κ1) is 8.58. The van der Waals surface area contributed by atoms with Crippen molar-refractivity contribution in [1.82, 2.24) is 4.98 Å². The molecule has 1 heterocycles. The fourth-order valence-corrected chi connectivity index (χ4v) is 0.785. The van der Waals surface area contributed by atoms with Crippen LogP contribution < -0.4 is 5.56 Å². The van der Waals surface area contributed by atoms with Crippen molar-refractivity contribution in [2.45, 2.75) is 6.43 Å². The van der Waals surface area contributed by atoms with E-state index < -0.39 is 17.7 Å². The topological polar surface area (TPSA) is 49.9 Å². The molecule has 12 heavy (non-hydrogen) atoms. The van der Waals surface area contributed by atoms with Gasteiger partial charge in [0.2, 0.25) is 5.56 Å². The van der Waals surface area contributed by atoms with Gasteiger partial charge in [-0.05, 0) is 6.07 Å². The molecule has 0 atom stereocenters. The molecular formula is C7H5F2NO2. The number of pyridine rings is 1. The molecule has 0 unspecified atom stereocenters. The Morgan fingerprint density at radius 3 is 2.58 bits per heavy atom. The van der Waals surface area contributed by atoms with Gasteiger partial charge < -0.3 is 4.98 Å². The van der Waals surface area contributed by atoms with Crippen LogP contribution in [0.25, 0.3) is 0 Å². The van der Waals surface area contributed by atoms with Crippen LogP contribution in [-0.4, -0.2) is 11.3 Å². The van der Waals surface area contributed by atoms with Crippen LogP contribution in [0.2, 0.25) is 0 Å². The van der Waals surface area contributed by atoms with Crippen LogP contribution in [0.15, 0.2) is 16.9 Å². The molecule has 64 valence electrons. The number of aromatic nitrogens is 1. The second kappa shape index (κ2) is 3.25. The molecule has 0 saturated carbocycles. The number of hydrogen-bond acceptors (Lipinski definition) is 2. The van der Waals surface area contributed by atoms with Crippen LogP contribution in [0.5, 0.6) is 0 Å².